The largest absolute Gasteiger partial charge is 0.393 e. The molecule has 122 valence electrons. The summed E-state index contributed by atoms with van der Waals surface area (Å²) in [5.41, 5.74) is 0. The first-order valence-electron chi connectivity index (χ1n) is 8.27. The minimum Gasteiger partial charge on any atom is -0.393 e. The van der Waals surface area contributed by atoms with Crippen molar-refractivity contribution in [3.8, 4) is 0 Å². The Morgan fingerprint density at radius 3 is 1.65 bits per heavy atom. The third-order valence-corrected chi connectivity index (χ3v) is 10.5. The number of aliphatic hydroxyl groups excluding tert-OH is 1. The van der Waals surface area contributed by atoms with E-state index in [2.05, 4.69) is 88.0 Å². The molecule has 0 aromatic heterocycles. The van der Waals surface area contributed by atoms with E-state index in [0.29, 0.717) is 6.42 Å². The van der Waals surface area contributed by atoms with E-state index < -0.39 is 8.07 Å². The zero-order valence-corrected chi connectivity index (χ0v) is 15.7. The minimum atomic E-state index is -2.27. The predicted molar refractivity (Wildman–Crippen MR) is 103 cm³/mol. The van der Waals surface area contributed by atoms with Gasteiger partial charge in [-0.25, -0.2) is 0 Å². The van der Waals surface area contributed by atoms with Crippen LogP contribution in [0.2, 0.25) is 5.04 Å². The Morgan fingerprint density at radius 1 is 0.957 bits per heavy atom. The summed E-state index contributed by atoms with van der Waals surface area (Å²) in [5, 5.41) is 14.0. The van der Waals surface area contributed by atoms with Gasteiger partial charge in [0, 0.05) is 0 Å². The molecule has 0 amide bonds. The molecule has 23 heavy (non-hydrogen) atoms. The summed E-state index contributed by atoms with van der Waals surface area (Å²) in [5.74, 6) is 0. The molecule has 0 bridgehead atoms. The maximum absolute atomic E-state index is 10.0. The van der Waals surface area contributed by atoms with Crippen LogP contribution in [0, 0.1) is 0 Å². The van der Waals surface area contributed by atoms with Gasteiger partial charge in [-0.3, -0.25) is 0 Å². The van der Waals surface area contributed by atoms with Crippen LogP contribution in [0.5, 0.6) is 0 Å². The summed E-state index contributed by atoms with van der Waals surface area (Å²) in [4.78, 5) is 0. The van der Waals surface area contributed by atoms with Crippen LogP contribution < -0.4 is 10.4 Å². The Kier molecular flexibility index (Phi) is 5.28. The standard InChI is InChI=1S/C21H28OSi/c1-17(22)16-18(2)23(21(3,4)5,19-12-8-6-9-13-19)20-14-10-7-11-15-20/h6-15,17,22H,2,16H2,1,3-5H3. The summed E-state index contributed by atoms with van der Waals surface area (Å²) in [6.07, 6.45) is 0.275. The van der Waals surface area contributed by atoms with Crippen molar-refractivity contribution < 1.29 is 5.11 Å². The molecule has 1 nitrogen and oxygen atoms in total. The average Bonchev–Trinajstić information content (AvgIpc) is 2.48. The molecule has 2 aromatic carbocycles. The lowest BCUT2D eigenvalue weighted by Crippen LogP contribution is -2.66. The van der Waals surface area contributed by atoms with Gasteiger partial charge in [0.25, 0.3) is 0 Å². The lowest BCUT2D eigenvalue weighted by Gasteiger charge is -2.46. The van der Waals surface area contributed by atoms with Crippen LogP contribution in [0.15, 0.2) is 72.4 Å². The normalized spacial score (nSPS) is 13.6. The van der Waals surface area contributed by atoms with Crippen LogP contribution in [0.25, 0.3) is 0 Å². The number of aliphatic hydroxyl groups is 1. The van der Waals surface area contributed by atoms with Crippen molar-refractivity contribution >= 4 is 18.4 Å². The van der Waals surface area contributed by atoms with Gasteiger partial charge in [-0.2, -0.15) is 0 Å². The van der Waals surface area contributed by atoms with Crippen LogP contribution in [0.4, 0.5) is 0 Å². The van der Waals surface area contributed by atoms with E-state index in [9.17, 15) is 5.11 Å². The zero-order valence-electron chi connectivity index (χ0n) is 14.7. The molecule has 1 unspecified atom stereocenters. The highest BCUT2D eigenvalue weighted by Gasteiger charge is 2.49. The molecule has 2 heteroatoms. The molecular weight excluding hydrogens is 296 g/mol. The third-order valence-electron chi connectivity index (χ3n) is 4.61. The SMILES string of the molecule is C=C(CC(C)O)[Si](c1ccccc1)(c1ccccc1)C(C)(C)C. The highest BCUT2D eigenvalue weighted by Crippen LogP contribution is 2.41. The molecule has 2 aromatic rings. The molecule has 1 atom stereocenters. The predicted octanol–water partition coefficient (Wildman–Crippen LogP) is 3.92. The van der Waals surface area contributed by atoms with E-state index in [1.807, 2.05) is 6.92 Å². The van der Waals surface area contributed by atoms with E-state index >= 15 is 0 Å². The fourth-order valence-corrected chi connectivity index (χ4v) is 9.79. The van der Waals surface area contributed by atoms with Gasteiger partial charge in [0.05, 0.1) is 6.10 Å². The molecule has 0 saturated carbocycles. The molecule has 0 aliphatic carbocycles. The summed E-state index contributed by atoms with van der Waals surface area (Å²) in [6.45, 7) is 13.3. The molecule has 0 aliphatic rings. The maximum Gasteiger partial charge on any atom is 0.149 e. The molecule has 1 N–H and O–H groups in total. The summed E-state index contributed by atoms with van der Waals surface area (Å²) in [6, 6.07) is 21.5. The van der Waals surface area contributed by atoms with Crippen LogP contribution in [0.1, 0.15) is 34.1 Å². The van der Waals surface area contributed by atoms with Gasteiger partial charge >= 0.3 is 0 Å². The van der Waals surface area contributed by atoms with Crippen molar-refractivity contribution in [2.45, 2.75) is 45.3 Å². The van der Waals surface area contributed by atoms with E-state index in [1.165, 1.54) is 15.6 Å². The van der Waals surface area contributed by atoms with E-state index in [1.54, 1.807) is 0 Å². The van der Waals surface area contributed by atoms with Gasteiger partial charge in [-0.1, -0.05) is 86.6 Å². The van der Waals surface area contributed by atoms with Crippen LogP contribution in [-0.4, -0.2) is 19.3 Å². The Hall–Kier alpha value is -1.64. The Balaban J connectivity index is 2.78. The third kappa shape index (κ3) is 3.33. The van der Waals surface area contributed by atoms with Crippen molar-refractivity contribution in [2.24, 2.45) is 0 Å². The van der Waals surface area contributed by atoms with Gasteiger partial charge in [-0.05, 0) is 28.8 Å². The van der Waals surface area contributed by atoms with Gasteiger partial charge in [-0.15, -0.1) is 6.58 Å². The van der Waals surface area contributed by atoms with Crippen LogP contribution >= 0.6 is 0 Å². The zero-order chi connectivity index (χ0) is 17.1. The lowest BCUT2D eigenvalue weighted by molar-refractivity contribution is 0.197. The first-order chi connectivity index (χ1) is 10.8. The number of benzene rings is 2. The van der Waals surface area contributed by atoms with Crippen molar-refractivity contribution in [1.29, 1.82) is 0 Å². The van der Waals surface area contributed by atoms with E-state index in [0.717, 1.165) is 0 Å². The molecule has 0 radical (unpaired) electrons. The number of rotatable bonds is 5. The topological polar surface area (TPSA) is 20.2 Å². The van der Waals surface area contributed by atoms with E-state index in [-0.39, 0.29) is 11.1 Å². The number of hydrogen-bond acceptors (Lipinski definition) is 1. The quantitative estimate of drug-likeness (QED) is 0.827. The minimum absolute atomic E-state index is 0.0572. The summed E-state index contributed by atoms with van der Waals surface area (Å²) in [7, 11) is -2.27. The second kappa shape index (κ2) is 6.86. The van der Waals surface area contributed by atoms with Crippen molar-refractivity contribution in [3.05, 3.63) is 72.4 Å². The molecule has 0 spiro atoms. The maximum atomic E-state index is 10.0. The fraction of sp³-hybridized carbons (Fsp3) is 0.333. The van der Waals surface area contributed by atoms with Gasteiger partial charge in [0.15, 0.2) is 0 Å². The van der Waals surface area contributed by atoms with Crippen molar-refractivity contribution in [1.82, 2.24) is 0 Å². The molecule has 0 heterocycles. The highest BCUT2D eigenvalue weighted by atomic mass is 28.3. The Bertz CT molecular complexity index is 599. The average molecular weight is 325 g/mol. The van der Waals surface area contributed by atoms with Gasteiger partial charge in [0.2, 0.25) is 0 Å². The smallest absolute Gasteiger partial charge is 0.149 e. The van der Waals surface area contributed by atoms with Gasteiger partial charge in [0.1, 0.15) is 8.07 Å². The van der Waals surface area contributed by atoms with Crippen molar-refractivity contribution in [3.63, 3.8) is 0 Å². The summed E-state index contributed by atoms with van der Waals surface area (Å²) >= 11 is 0. The second-order valence-corrected chi connectivity index (χ2v) is 12.3. The summed E-state index contributed by atoms with van der Waals surface area (Å²) < 4.78 is 0. The molecule has 0 saturated heterocycles. The van der Waals surface area contributed by atoms with Crippen molar-refractivity contribution in [2.75, 3.05) is 0 Å². The van der Waals surface area contributed by atoms with Crippen LogP contribution in [0.3, 0.4) is 0 Å². The molecule has 2 rings (SSSR count). The lowest BCUT2D eigenvalue weighted by atomic mass is 10.2. The highest BCUT2D eigenvalue weighted by molar-refractivity contribution is 7.09. The monoisotopic (exact) mass is 324 g/mol. The fourth-order valence-electron chi connectivity index (χ4n) is 3.86. The molecular formula is C21H28OSi. The Morgan fingerprint density at radius 2 is 1.35 bits per heavy atom. The molecule has 0 aliphatic heterocycles. The van der Waals surface area contributed by atoms with E-state index in [4.69, 9.17) is 0 Å². The first kappa shape index (κ1) is 17.7. The van der Waals surface area contributed by atoms with Gasteiger partial charge < -0.3 is 5.11 Å². The number of hydrogen-bond donors (Lipinski definition) is 1. The second-order valence-electron chi connectivity index (χ2n) is 7.39. The first-order valence-corrected chi connectivity index (χ1v) is 10.3. The van der Waals surface area contributed by atoms with Crippen LogP contribution in [-0.2, 0) is 0 Å². The Labute approximate surface area is 141 Å². The molecule has 0 fully saturated rings.